The van der Waals surface area contributed by atoms with Crippen molar-refractivity contribution in [1.82, 2.24) is 10.2 Å². The largest absolute Gasteiger partial charge is 0.336 e. The zero-order valence-electron chi connectivity index (χ0n) is 17.3. The van der Waals surface area contributed by atoms with Crippen LogP contribution < -0.4 is 10.6 Å². The van der Waals surface area contributed by atoms with E-state index in [9.17, 15) is 9.59 Å². The molecule has 2 rings (SSSR count). The third-order valence-electron chi connectivity index (χ3n) is 4.65. The van der Waals surface area contributed by atoms with Gasteiger partial charge in [-0.2, -0.15) is 0 Å². The van der Waals surface area contributed by atoms with Gasteiger partial charge in [-0.25, -0.2) is 0 Å². The molecule has 1 aromatic carbocycles. The number of halogens is 2. The lowest BCUT2D eigenvalue weighted by atomic mass is 9.92. The van der Waals surface area contributed by atoms with Crippen molar-refractivity contribution < 1.29 is 9.59 Å². The summed E-state index contributed by atoms with van der Waals surface area (Å²) in [5.74, 6) is -0.118. The van der Waals surface area contributed by atoms with Gasteiger partial charge in [-0.3, -0.25) is 9.59 Å². The van der Waals surface area contributed by atoms with Gasteiger partial charge in [0, 0.05) is 24.7 Å². The molecular weight excluding hydrogens is 397 g/mol. The number of hydrogen-bond donors (Lipinski definition) is 2. The van der Waals surface area contributed by atoms with Crippen molar-refractivity contribution in [3.63, 3.8) is 0 Å². The monoisotopic (exact) mass is 429 g/mol. The number of nitrogens with zero attached hydrogens (tertiary/aromatic N) is 1. The molecule has 28 heavy (non-hydrogen) atoms. The van der Waals surface area contributed by atoms with Gasteiger partial charge in [-0.1, -0.05) is 39.3 Å². The molecular formula is C21H33Cl2N3O2. The first-order chi connectivity index (χ1) is 12.7. The van der Waals surface area contributed by atoms with Crippen LogP contribution in [0.3, 0.4) is 0 Å². The molecule has 2 N–H and O–H groups in total. The van der Waals surface area contributed by atoms with Crippen LogP contribution in [0.2, 0.25) is 5.02 Å². The Morgan fingerprint density at radius 3 is 2.46 bits per heavy atom. The normalized spacial score (nSPS) is 14.9. The van der Waals surface area contributed by atoms with E-state index in [4.69, 9.17) is 11.6 Å². The molecule has 0 saturated carbocycles. The van der Waals surface area contributed by atoms with Crippen molar-refractivity contribution in [1.29, 1.82) is 0 Å². The molecule has 1 aliphatic rings. The van der Waals surface area contributed by atoms with E-state index in [1.807, 2.05) is 25.7 Å². The molecule has 158 valence electrons. The van der Waals surface area contributed by atoms with Crippen LogP contribution >= 0.6 is 24.0 Å². The van der Waals surface area contributed by atoms with Gasteiger partial charge < -0.3 is 15.5 Å². The predicted octanol–water partition coefficient (Wildman–Crippen LogP) is 4.74. The van der Waals surface area contributed by atoms with Gasteiger partial charge in [0.1, 0.15) is 0 Å². The summed E-state index contributed by atoms with van der Waals surface area (Å²) in [4.78, 5) is 27.4. The highest BCUT2D eigenvalue weighted by atomic mass is 35.5. The highest BCUT2D eigenvalue weighted by molar-refractivity contribution is 6.34. The van der Waals surface area contributed by atoms with E-state index in [-0.39, 0.29) is 35.7 Å². The van der Waals surface area contributed by atoms with Gasteiger partial charge in [0.25, 0.3) is 5.91 Å². The van der Waals surface area contributed by atoms with Crippen molar-refractivity contribution in [3.8, 4) is 0 Å². The van der Waals surface area contributed by atoms with E-state index >= 15 is 0 Å². The molecule has 0 spiro atoms. The Bertz CT molecular complexity index is 668. The van der Waals surface area contributed by atoms with Gasteiger partial charge in [0.05, 0.1) is 10.6 Å². The minimum atomic E-state index is -0.0951. The number of amides is 2. The second kappa shape index (κ2) is 11.0. The zero-order chi connectivity index (χ0) is 20.0. The molecule has 0 unspecified atom stereocenters. The summed E-state index contributed by atoms with van der Waals surface area (Å²) in [5.41, 5.74) is 0.971. The van der Waals surface area contributed by atoms with Crippen molar-refractivity contribution >= 4 is 41.5 Å². The number of piperidine rings is 1. The molecule has 1 aliphatic heterocycles. The van der Waals surface area contributed by atoms with Crippen LogP contribution in [0.4, 0.5) is 5.69 Å². The number of nitrogens with one attached hydrogen (secondary N) is 2. The quantitative estimate of drug-likeness (QED) is 0.685. The standard InChI is InChI=1S/C21H32ClN3O2.ClH/c1-5-12-25(16-8-10-23-11-9-16)20(27)17-13-15(6-7-18(17)22)24-19(26)14-21(2,3)4;/h6-7,13,16,23H,5,8-12,14H2,1-4H3,(H,24,26);1H. The fourth-order valence-electron chi connectivity index (χ4n) is 3.42. The van der Waals surface area contributed by atoms with Crippen LogP contribution in [0.25, 0.3) is 0 Å². The molecule has 1 aromatic rings. The fourth-order valence-corrected chi connectivity index (χ4v) is 3.62. The molecule has 1 heterocycles. The Hall–Kier alpha value is -1.30. The average Bonchev–Trinajstić information content (AvgIpc) is 2.60. The molecule has 0 bridgehead atoms. The predicted molar refractivity (Wildman–Crippen MR) is 119 cm³/mol. The molecule has 0 aliphatic carbocycles. The van der Waals surface area contributed by atoms with Gasteiger partial charge in [0.15, 0.2) is 0 Å². The Morgan fingerprint density at radius 1 is 1.25 bits per heavy atom. The van der Waals surface area contributed by atoms with E-state index in [1.54, 1.807) is 18.2 Å². The second-order valence-electron chi connectivity index (χ2n) is 8.46. The number of anilines is 1. The zero-order valence-corrected chi connectivity index (χ0v) is 18.9. The molecule has 1 fully saturated rings. The third kappa shape index (κ3) is 7.26. The highest BCUT2D eigenvalue weighted by Crippen LogP contribution is 2.26. The van der Waals surface area contributed by atoms with E-state index in [2.05, 4.69) is 17.6 Å². The summed E-state index contributed by atoms with van der Waals surface area (Å²) in [6, 6.07) is 5.37. The third-order valence-corrected chi connectivity index (χ3v) is 4.98. The van der Waals surface area contributed by atoms with Gasteiger partial charge >= 0.3 is 0 Å². The van der Waals surface area contributed by atoms with Crippen molar-refractivity contribution in [3.05, 3.63) is 28.8 Å². The summed E-state index contributed by atoms with van der Waals surface area (Å²) in [6.45, 7) is 10.7. The summed E-state index contributed by atoms with van der Waals surface area (Å²) in [5, 5.41) is 6.65. The molecule has 0 atom stereocenters. The molecule has 7 heteroatoms. The summed E-state index contributed by atoms with van der Waals surface area (Å²) in [6.07, 6.45) is 3.21. The van der Waals surface area contributed by atoms with Gasteiger partial charge in [0.2, 0.25) is 5.91 Å². The van der Waals surface area contributed by atoms with Crippen LogP contribution in [0.1, 0.15) is 63.7 Å². The Morgan fingerprint density at radius 2 is 1.89 bits per heavy atom. The fraction of sp³-hybridized carbons (Fsp3) is 0.619. The maximum Gasteiger partial charge on any atom is 0.255 e. The lowest BCUT2D eigenvalue weighted by Gasteiger charge is -2.35. The van der Waals surface area contributed by atoms with Crippen LogP contribution in [-0.4, -0.2) is 42.4 Å². The molecule has 5 nitrogen and oxygen atoms in total. The van der Waals surface area contributed by atoms with Crippen LogP contribution in [-0.2, 0) is 4.79 Å². The van der Waals surface area contributed by atoms with Crippen LogP contribution in [0, 0.1) is 5.41 Å². The molecule has 0 radical (unpaired) electrons. The summed E-state index contributed by atoms with van der Waals surface area (Å²) in [7, 11) is 0. The summed E-state index contributed by atoms with van der Waals surface area (Å²) < 4.78 is 0. The van der Waals surface area contributed by atoms with Gasteiger partial charge in [-0.15, -0.1) is 12.4 Å². The topological polar surface area (TPSA) is 61.4 Å². The molecule has 2 amide bonds. The van der Waals surface area contributed by atoms with Crippen molar-refractivity contribution in [2.24, 2.45) is 5.41 Å². The Labute approximate surface area is 180 Å². The lowest BCUT2D eigenvalue weighted by molar-refractivity contribution is -0.117. The SMILES string of the molecule is CCCN(C(=O)c1cc(NC(=O)CC(C)(C)C)ccc1Cl)C1CCNCC1.Cl. The maximum absolute atomic E-state index is 13.2. The minimum absolute atomic E-state index is 0. The number of benzene rings is 1. The number of hydrogen-bond acceptors (Lipinski definition) is 3. The van der Waals surface area contributed by atoms with Crippen molar-refractivity contribution in [2.75, 3.05) is 25.0 Å². The van der Waals surface area contributed by atoms with E-state index < -0.39 is 0 Å². The first-order valence-corrected chi connectivity index (χ1v) is 10.2. The Kier molecular flexibility index (Phi) is 9.75. The van der Waals surface area contributed by atoms with Crippen molar-refractivity contribution in [2.45, 2.75) is 59.4 Å². The average molecular weight is 430 g/mol. The second-order valence-corrected chi connectivity index (χ2v) is 8.87. The van der Waals surface area contributed by atoms with E-state index in [0.29, 0.717) is 29.2 Å². The number of carbonyl (C=O) groups is 2. The van der Waals surface area contributed by atoms with E-state index in [0.717, 1.165) is 32.4 Å². The van der Waals surface area contributed by atoms with Crippen LogP contribution in [0.5, 0.6) is 0 Å². The maximum atomic E-state index is 13.2. The molecule has 0 aromatic heterocycles. The first-order valence-electron chi connectivity index (χ1n) is 9.82. The minimum Gasteiger partial charge on any atom is -0.336 e. The smallest absolute Gasteiger partial charge is 0.255 e. The van der Waals surface area contributed by atoms with Gasteiger partial charge in [-0.05, 0) is 56.0 Å². The Balaban J connectivity index is 0.00000392. The first kappa shape index (κ1) is 24.7. The number of carbonyl (C=O) groups excluding carboxylic acids is 2. The molecule has 1 saturated heterocycles. The number of rotatable bonds is 6. The van der Waals surface area contributed by atoms with Crippen LogP contribution in [0.15, 0.2) is 18.2 Å². The highest BCUT2D eigenvalue weighted by Gasteiger charge is 2.27. The lowest BCUT2D eigenvalue weighted by Crippen LogP contribution is -2.46. The summed E-state index contributed by atoms with van der Waals surface area (Å²) >= 11 is 6.34. The van der Waals surface area contributed by atoms with E-state index in [1.165, 1.54) is 0 Å².